The second kappa shape index (κ2) is 46.2. The summed E-state index contributed by atoms with van der Waals surface area (Å²) in [6, 6.07) is 2.60. The van der Waals surface area contributed by atoms with E-state index in [1.165, 1.54) is 223 Å². The summed E-state index contributed by atoms with van der Waals surface area (Å²) in [6.45, 7) is 75.2. The smallest absolute Gasteiger partial charge is 0.333 e. The lowest BCUT2D eigenvalue weighted by molar-refractivity contribution is -0.152. The summed E-state index contributed by atoms with van der Waals surface area (Å²) in [5.41, 5.74) is 5.13. The average molecular weight is 1940 g/mol. The molecule has 0 aromatic carbocycles. The molecule has 20 nitrogen and oxygen atoms in total. The number of amides is 6. The van der Waals surface area contributed by atoms with Crippen LogP contribution in [0, 0.1) is 138 Å². The van der Waals surface area contributed by atoms with Gasteiger partial charge in [-0.25, -0.2) is 19.2 Å². The van der Waals surface area contributed by atoms with Gasteiger partial charge in [0.15, 0.2) is 0 Å². The van der Waals surface area contributed by atoms with Gasteiger partial charge in [-0.1, -0.05) is 175 Å². The normalized spacial score (nSPS) is 38.2. The standard InChI is InChI=1S/C14H23NO.C14H22O2.2C13H21NO.C13H20O2.2C11H17NO.C11H16O2.C10H15NO.C10H14O2/c1-9(2)12(16)15-11-8-10-6-7-14(11,5)13(10,3)4;1-9(2)12(15)16-11-8-10-6-7-14(11,5)13(10,3)4;1-5-11(15)14-10-8-9-6-7-13(10,4)12(9,2)3;1-4-14(13(15)9(2)3)12-8-10-5-6-11(12)7-10;1-5-11(14)15-10-8-9-6-7-13(10,4)12(9,2)3;1-7(2)11(13)12-10-6-8-3-4-9(10)5-8;1-3-11(13)12(2)10-7-8-4-5-9(10)6-8;1-7(2)11(12)13-10-6-8-3-4-9(10)5-8;1-2-10(12)11-9-6-7-3-4-8(9)5-7;1-2-10(11)12-9-6-7-3-4-8(9)5-7/h10-11H,1,6-8H2,2-5H3,(H,15,16);10-11H,1,6-8H2,2-5H3;5,9-10H,1,6-8H2,2-4H3,(H,14,15);10-12H,2,4-8H2,1,3H3;5,9-10H,1,6-8H2,2-4H3;8-10H,1,3-6H2,2H3,(H,12,13);3,8-10H,1,4-7H2,2H3;8-10H,1,3-6H2,2H3;2,7-9H,1,3-6H2,(H,11,12);2,7-9H,1,3-6H2. The molecule has 0 heterocycles. The molecule has 4 N–H and O–H groups in total. The van der Waals surface area contributed by atoms with Crippen LogP contribution in [0.3, 0.4) is 0 Å². The zero-order chi connectivity index (χ0) is 103. The van der Waals surface area contributed by atoms with E-state index in [9.17, 15) is 47.9 Å². The van der Waals surface area contributed by atoms with E-state index in [4.69, 9.17) is 18.9 Å². The van der Waals surface area contributed by atoms with Crippen LogP contribution in [0.25, 0.3) is 0 Å². The molecule has 20 bridgehead atoms. The van der Waals surface area contributed by atoms with Crippen molar-refractivity contribution >= 4 is 59.3 Å². The number of nitrogens with zero attached hydrogens (tertiary/aromatic N) is 2. The van der Waals surface area contributed by atoms with Crippen LogP contribution in [-0.4, -0.2) is 143 Å². The van der Waals surface area contributed by atoms with Crippen molar-refractivity contribution in [2.75, 3.05) is 13.6 Å². The summed E-state index contributed by atoms with van der Waals surface area (Å²) in [4.78, 5) is 118. The second-order valence-corrected chi connectivity index (χ2v) is 50.6. The van der Waals surface area contributed by atoms with Crippen LogP contribution in [-0.2, 0) is 66.9 Å². The van der Waals surface area contributed by atoms with Crippen LogP contribution in [0.15, 0.2) is 124 Å². The van der Waals surface area contributed by atoms with Crippen molar-refractivity contribution in [3.63, 3.8) is 0 Å². The summed E-state index contributed by atoms with van der Waals surface area (Å²) < 4.78 is 21.7. The third-order valence-electron chi connectivity index (χ3n) is 42.1. The van der Waals surface area contributed by atoms with E-state index < -0.39 is 0 Å². The van der Waals surface area contributed by atoms with Gasteiger partial charge in [0, 0.05) is 101 Å². The maximum atomic E-state index is 12.0. The largest absolute Gasteiger partial charge is 0.459 e. The van der Waals surface area contributed by atoms with Crippen molar-refractivity contribution in [1.82, 2.24) is 31.1 Å². The third kappa shape index (κ3) is 24.4. The van der Waals surface area contributed by atoms with E-state index in [1.807, 2.05) is 23.8 Å². The van der Waals surface area contributed by atoms with E-state index in [0.29, 0.717) is 109 Å². The quantitative estimate of drug-likeness (QED) is 0.0473. The number of carbonyl (C=O) groups is 10. The van der Waals surface area contributed by atoms with Gasteiger partial charge in [0.2, 0.25) is 35.4 Å². The van der Waals surface area contributed by atoms with Crippen molar-refractivity contribution in [3.8, 4) is 0 Å². The molecule has 20 rings (SSSR count). The molecule has 20 aliphatic carbocycles. The van der Waals surface area contributed by atoms with Crippen molar-refractivity contribution in [3.05, 3.63) is 124 Å². The summed E-state index contributed by atoms with van der Waals surface area (Å²) in [6.07, 6.45) is 52.6. The van der Waals surface area contributed by atoms with Gasteiger partial charge in [-0.2, -0.15) is 0 Å². The fourth-order valence-corrected chi connectivity index (χ4v) is 31.2. The first kappa shape index (κ1) is 112. The highest BCUT2D eigenvalue weighted by Crippen LogP contribution is 2.70. The Morgan fingerprint density at radius 2 is 0.657 bits per heavy atom. The number of rotatable bonds is 21. The Kier molecular flexibility index (Phi) is 37.1. The number of hydrogen-bond donors (Lipinski definition) is 4. The van der Waals surface area contributed by atoms with Crippen LogP contribution in [0.5, 0.6) is 0 Å². The third-order valence-corrected chi connectivity index (χ3v) is 42.1. The Bertz CT molecular complexity index is 4370. The lowest BCUT2D eigenvalue weighted by Crippen LogP contribution is -2.47. The van der Waals surface area contributed by atoms with Gasteiger partial charge < -0.3 is 50.0 Å². The highest BCUT2D eigenvalue weighted by molar-refractivity contribution is 5.94. The molecule has 0 aromatic heterocycles. The highest BCUT2D eigenvalue weighted by atomic mass is 16.6. The molecule has 0 radical (unpaired) electrons. The average Bonchev–Trinajstić information content (AvgIpc) is 1.56. The number of nitrogens with one attached hydrogen (secondary N) is 4. The molecule has 30 atom stereocenters. The minimum absolute atomic E-state index is 0.00690. The molecule has 20 fully saturated rings. The molecule has 30 unspecified atom stereocenters. The number of esters is 4. The molecule has 0 aliphatic heterocycles. The maximum absolute atomic E-state index is 12.0. The van der Waals surface area contributed by atoms with Crippen LogP contribution < -0.4 is 21.3 Å². The lowest BCUT2D eigenvalue weighted by atomic mass is 9.69. The van der Waals surface area contributed by atoms with Gasteiger partial charge >= 0.3 is 23.9 Å². The van der Waals surface area contributed by atoms with Crippen LogP contribution >= 0.6 is 0 Å². The zero-order valence-electron chi connectivity index (χ0n) is 90.2. The Labute approximate surface area is 844 Å². The number of ether oxygens (including phenoxy) is 4. The number of carbonyl (C=O) groups excluding carboxylic acids is 10. The molecule has 0 aromatic rings. The topological polar surface area (TPSA) is 262 Å². The van der Waals surface area contributed by atoms with Gasteiger partial charge in [-0.05, 0) is 392 Å². The summed E-state index contributed by atoms with van der Waals surface area (Å²) in [7, 11) is 1.91. The van der Waals surface area contributed by atoms with Gasteiger partial charge in [0.1, 0.15) is 24.4 Å². The minimum atomic E-state index is -0.274. The number of likely N-dealkylation sites (N-methyl/N-ethyl adjacent to an activating group) is 2. The second-order valence-electron chi connectivity index (χ2n) is 50.6. The van der Waals surface area contributed by atoms with Gasteiger partial charge in [0.05, 0.1) is 0 Å². The SMILES string of the molecule is C=C(C)C(=O)N(CC)C1CC2CCC1C2.C=C(C)C(=O)NC1CC2CCC1(C)C2(C)C.C=C(C)C(=O)NC1CC2CCC1C2.C=C(C)C(=O)OC1CC2CCC1(C)C2(C)C.C=C(C)C(=O)OC1CC2CCC1C2.C=CC(=O)N(C)C1CC2CCC1C2.C=CC(=O)NC1CC2CCC1(C)C2(C)C.C=CC(=O)NC1CC2CCC1C2.C=CC(=O)OC1CC2CCC1(C)C2(C)C.C=CC(=O)OC1CC2CCC1C2. The lowest BCUT2D eigenvalue weighted by Gasteiger charge is -2.39. The van der Waals surface area contributed by atoms with Crippen LogP contribution in [0.4, 0.5) is 0 Å². The Morgan fingerprint density at radius 3 is 0.964 bits per heavy atom. The molecule has 140 heavy (non-hydrogen) atoms. The van der Waals surface area contributed by atoms with E-state index in [-0.39, 0.29) is 105 Å². The summed E-state index contributed by atoms with van der Waals surface area (Å²) in [5, 5.41) is 12.3. The molecule has 20 heteroatoms. The zero-order valence-corrected chi connectivity index (χ0v) is 90.2. The maximum Gasteiger partial charge on any atom is 0.333 e. The molecule has 20 aliphatic rings. The van der Waals surface area contributed by atoms with Gasteiger partial charge in [-0.3, -0.25) is 28.8 Å². The first-order valence-electron chi connectivity index (χ1n) is 54.7. The van der Waals surface area contributed by atoms with E-state index in [1.54, 1.807) is 27.7 Å². The van der Waals surface area contributed by atoms with Crippen LogP contribution in [0.2, 0.25) is 0 Å². The van der Waals surface area contributed by atoms with Crippen molar-refractivity contribution in [2.45, 2.75) is 416 Å². The highest BCUT2D eigenvalue weighted by Gasteiger charge is 2.66. The molecule has 0 spiro atoms. The fourth-order valence-electron chi connectivity index (χ4n) is 31.2. The Morgan fingerprint density at radius 1 is 0.321 bits per heavy atom. The van der Waals surface area contributed by atoms with Gasteiger partial charge in [0.25, 0.3) is 0 Å². The molecular weight excluding hydrogens is 1750 g/mol. The fraction of sp³-hybridized carbons (Fsp3) is 0.750. The minimum Gasteiger partial charge on any atom is -0.459 e. The van der Waals surface area contributed by atoms with Gasteiger partial charge in [-0.15, -0.1) is 0 Å². The molecular formula is C120H186N6O14. The molecule has 780 valence electrons. The Balaban J connectivity index is 0.000000149. The number of hydrogen-bond acceptors (Lipinski definition) is 14. The predicted molar refractivity (Wildman–Crippen MR) is 560 cm³/mol. The molecule has 6 amide bonds. The van der Waals surface area contributed by atoms with E-state index in [2.05, 4.69) is 177 Å². The Hall–Kier alpha value is -7.90. The number of fused-ring (bicyclic) bond motifs is 20. The van der Waals surface area contributed by atoms with Crippen LogP contribution in [0.1, 0.15) is 356 Å². The van der Waals surface area contributed by atoms with Crippen molar-refractivity contribution in [2.24, 2.45) is 138 Å². The van der Waals surface area contributed by atoms with Crippen molar-refractivity contribution in [1.29, 1.82) is 0 Å². The molecule has 20 saturated carbocycles. The summed E-state index contributed by atoms with van der Waals surface area (Å²) in [5.74, 6) is 11.9. The first-order chi connectivity index (χ1) is 65.7. The van der Waals surface area contributed by atoms with Crippen molar-refractivity contribution < 1.29 is 66.9 Å². The monoisotopic (exact) mass is 1940 g/mol. The predicted octanol–water partition coefficient (Wildman–Crippen LogP) is 23.6. The van der Waals surface area contributed by atoms with E-state index in [0.717, 1.165) is 116 Å². The van der Waals surface area contributed by atoms with E-state index >= 15 is 0 Å². The summed E-state index contributed by atoms with van der Waals surface area (Å²) >= 11 is 0. The molecule has 0 saturated heterocycles. The first-order valence-corrected chi connectivity index (χ1v) is 54.7.